The summed E-state index contributed by atoms with van der Waals surface area (Å²) in [5.41, 5.74) is 9.50. The summed E-state index contributed by atoms with van der Waals surface area (Å²) < 4.78 is 0. The Hall–Kier alpha value is -2.29. The second kappa shape index (κ2) is 5.60. The lowest BCUT2D eigenvalue weighted by molar-refractivity contribution is 0.0731. The van der Waals surface area contributed by atoms with E-state index in [1.807, 2.05) is 23.1 Å². The number of carbonyl (C=O) groups is 1. The van der Waals surface area contributed by atoms with E-state index in [-0.39, 0.29) is 5.91 Å². The van der Waals surface area contributed by atoms with Crippen LogP contribution in [0, 0.1) is 6.92 Å². The molecule has 2 aromatic rings. The average molecular weight is 280 g/mol. The van der Waals surface area contributed by atoms with Crippen LogP contribution in [0.3, 0.4) is 0 Å². The standard InChI is InChI=1S/C18H20N2O/c1-13-6-8-14(9-7-13)12-20(15-10-11-15)18(21)16-4-2-3-5-17(16)19/h2-9,15H,10-12,19H2,1H3. The summed E-state index contributed by atoms with van der Waals surface area (Å²) in [6.07, 6.45) is 2.18. The maximum Gasteiger partial charge on any atom is 0.256 e. The topological polar surface area (TPSA) is 46.3 Å². The van der Waals surface area contributed by atoms with E-state index in [9.17, 15) is 4.79 Å². The van der Waals surface area contributed by atoms with Crippen LogP contribution in [-0.4, -0.2) is 16.8 Å². The van der Waals surface area contributed by atoms with Gasteiger partial charge in [-0.15, -0.1) is 0 Å². The minimum atomic E-state index is 0.0381. The Bertz CT molecular complexity index is 645. The molecule has 1 aliphatic carbocycles. The summed E-state index contributed by atoms with van der Waals surface area (Å²) in [6.45, 7) is 2.72. The summed E-state index contributed by atoms with van der Waals surface area (Å²) in [5.74, 6) is 0.0381. The molecular formula is C18H20N2O. The van der Waals surface area contributed by atoms with Crippen LogP contribution >= 0.6 is 0 Å². The Morgan fingerprint density at radius 2 is 1.81 bits per heavy atom. The predicted octanol–water partition coefficient (Wildman–Crippen LogP) is 3.38. The molecule has 0 aliphatic heterocycles. The van der Waals surface area contributed by atoms with Crippen LogP contribution in [0.4, 0.5) is 5.69 Å². The highest BCUT2D eigenvalue weighted by Gasteiger charge is 2.33. The van der Waals surface area contributed by atoms with Gasteiger partial charge in [-0.25, -0.2) is 0 Å². The minimum Gasteiger partial charge on any atom is -0.398 e. The molecule has 0 unspecified atom stereocenters. The summed E-state index contributed by atoms with van der Waals surface area (Å²) in [6, 6.07) is 16.0. The summed E-state index contributed by atoms with van der Waals surface area (Å²) >= 11 is 0. The molecule has 1 aliphatic rings. The molecule has 3 heteroatoms. The molecule has 2 N–H and O–H groups in total. The zero-order valence-electron chi connectivity index (χ0n) is 12.3. The monoisotopic (exact) mass is 280 g/mol. The van der Waals surface area contributed by atoms with Gasteiger partial charge < -0.3 is 10.6 Å². The van der Waals surface area contributed by atoms with Crippen LogP contribution in [0.5, 0.6) is 0 Å². The zero-order valence-corrected chi connectivity index (χ0v) is 12.3. The van der Waals surface area contributed by atoms with E-state index in [0.717, 1.165) is 18.4 Å². The Balaban J connectivity index is 1.83. The second-order valence-corrected chi connectivity index (χ2v) is 5.74. The van der Waals surface area contributed by atoms with Crippen molar-refractivity contribution in [3.8, 4) is 0 Å². The van der Waals surface area contributed by atoms with Crippen molar-refractivity contribution >= 4 is 11.6 Å². The lowest BCUT2D eigenvalue weighted by Crippen LogP contribution is -2.33. The third-order valence-corrected chi connectivity index (χ3v) is 3.91. The van der Waals surface area contributed by atoms with Gasteiger partial charge in [0.25, 0.3) is 5.91 Å². The third-order valence-electron chi connectivity index (χ3n) is 3.91. The van der Waals surface area contributed by atoms with Crippen LogP contribution in [-0.2, 0) is 6.54 Å². The highest BCUT2D eigenvalue weighted by atomic mass is 16.2. The molecule has 0 atom stereocenters. The molecule has 0 heterocycles. The van der Waals surface area contributed by atoms with E-state index < -0.39 is 0 Å². The van der Waals surface area contributed by atoms with Gasteiger partial charge in [-0.1, -0.05) is 42.0 Å². The van der Waals surface area contributed by atoms with Gasteiger partial charge in [0.15, 0.2) is 0 Å². The SMILES string of the molecule is Cc1ccc(CN(C(=O)c2ccccc2N)C2CC2)cc1. The van der Waals surface area contributed by atoms with Gasteiger partial charge >= 0.3 is 0 Å². The van der Waals surface area contributed by atoms with Crippen molar-refractivity contribution in [2.75, 3.05) is 5.73 Å². The first-order chi connectivity index (χ1) is 10.1. The van der Waals surface area contributed by atoms with Crippen LogP contribution in [0.1, 0.15) is 34.3 Å². The molecule has 0 bridgehead atoms. The van der Waals surface area contributed by atoms with Crippen LogP contribution in [0.2, 0.25) is 0 Å². The molecule has 108 valence electrons. The van der Waals surface area contributed by atoms with Gasteiger partial charge in [0.1, 0.15) is 0 Å². The van der Waals surface area contributed by atoms with Crippen molar-refractivity contribution in [2.45, 2.75) is 32.4 Å². The maximum absolute atomic E-state index is 12.8. The summed E-state index contributed by atoms with van der Waals surface area (Å²) in [7, 11) is 0. The number of para-hydroxylation sites is 1. The molecule has 2 aromatic carbocycles. The van der Waals surface area contributed by atoms with Crippen molar-refractivity contribution in [1.29, 1.82) is 0 Å². The van der Waals surface area contributed by atoms with Crippen molar-refractivity contribution in [3.63, 3.8) is 0 Å². The predicted molar refractivity (Wildman–Crippen MR) is 84.9 cm³/mol. The highest BCUT2D eigenvalue weighted by molar-refractivity contribution is 5.99. The van der Waals surface area contributed by atoms with Crippen molar-refractivity contribution in [3.05, 3.63) is 65.2 Å². The van der Waals surface area contributed by atoms with Gasteiger partial charge in [0, 0.05) is 18.3 Å². The first kappa shape index (κ1) is 13.7. The summed E-state index contributed by atoms with van der Waals surface area (Å²) in [4.78, 5) is 14.7. The number of nitrogens with zero attached hydrogens (tertiary/aromatic N) is 1. The molecule has 1 saturated carbocycles. The first-order valence-corrected chi connectivity index (χ1v) is 7.36. The normalized spacial score (nSPS) is 14.0. The smallest absolute Gasteiger partial charge is 0.256 e. The van der Waals surface area contributed by atoms with Crippen molar-refractivity contribution in [1.82, 2.24) is 4.90 Å². The molecule has 3 nitrogen and oxygen atoms in total. The number of nitrogen functional groups attached to an aromatic ring is 1. The number of aryl methyl sites for hydroxylation is 1. The molecule has 1 fully saturated rings. The van der Waals surface area contributed by atoms with E-state index >= 15 is 0 Å². The molecule has 0 radical (unpaired) electrons. The van der Waals surface area contributed by atoms with Gasteiger partial charge in [0.05, 0.1) is 5.56 Å². The van der Waals surface area contributed by atoms with Gasteiger partial charge in [-0.05, 0) is 37.5 Å². The number of rotatable bonds is 4. The highest BCUT2D eigenvalue weighted by Crippen LogP contribution is 2.30. The molecule has 0 saturated heterocycles. The average Bonchev–Trinajstić information content (AvgIpc) is 3.31. The van der Waals surface area contributed by atoms with E-state index in [1.165, 1.54) is 5.56 Å². The Labute approximate surface area is 125 Å². The van der Waals surface area contributed by atoms with Crippen LogP contribution in [0.25, 0.3) is 0 Å². The van der Waals surface area contributed by atoms with Crippen LogP contribution < -0.4 is 5.73 Å². The molecule has 21 heavy (non-hydrogen) atoms. The number of hydrogen-bond acceptors (Lipinski definition) is 2. The molecule has 0 spiro atoms. The fourth-order valence-corrected chi connectivity index (χ4v) is 2.49. The van der Waals surface area contributed by atoms with E-state index in [4.69, 9.17) is 5.73 Å². The Morgan fingerprint density at radius 3 is 2.43 bits per heavy atom. The molecular weight excluding hydrogens is 260 g/mol. The van der Waals surface area contributed by atoms with E-state index in [2.05, 4.69) is 31.2 Å². The summed E-state index contributed by atoms with van der Waals surface area (Å²) in [5, 5.41) is 0. The minimum absolute atomic E-state index is 0.0381. The van der Waals surface area contributed by atoms with E-state index in [0.29, 0.717) is 23.8 Å². The number of hydrogen-bond donors (Lipinski definition) is 1. The largest absolute Gasteiger partial charge is 0.398 e. The van der Waals surface area contributed by atoms with Gasteiger partial charge in [-0.2, -0.15) is 0 Å². The quantitative estimate of drug-likeness (QED) is 0.873. The molecule has 0 aromatic heterocycles. The number of nitrogens with two attached hydrogens (primary N) is 1. The lowest BCUT2D eigenvalue weighted by Gasteiger charge is -2.23. The fourth-order valence-electron chi connectivity index (χ4n) is 2.49. The molecule has 3 rings (SSSR count). The van der Waals surface area contributed by atoms with Crippen LogP contribution in [0.15, 0.2) is 48.5 Å². The number of amides is 1. The van der Waals surface area contributed by atoms with Crippen molar-refractivity contribution < 1.29 is 4.79 Å². The third kappa shape index (κ3) is 3.07. The van der Waals surface area contributed by atoms with E-state index in [1.54, 1.807) is 6.07 Å². The number of carbonyl (C=O) groups excluding carboxylic acids is 1. The lowest BCUT2D eigenvalue weighted by atomic mass is 10.1. The zero-order chi connectivity index (χ0) is 14.8. The molecule has 1 amide bonds. The van der Waals surface area contributed by atoms with Gasteiger partial charge in [0.2, 0.25) is 0 Å². The Kier molecular flexibility index (Phi) is 3.65. The first-order valence-electron chi connectivity index (χ1n) is 7.36. The second-order valence-electron chi connectivity index (χ2n) is 5.74. The fraction of sp³-hybridized carbons (Fsp3) is 0.278. The van der Waals surface area contributed by atoms with Crippen molar-refractivity contribution in [2.24, 2.45) is 0 Å². The number of anilines is 1. The maximum atomic E-state index is 12.8. The Morgan fingerprint density at radius 1 is 1.14 bits per heavy atom. The number of benzene rings is 2. The van der Waals surface area contributed by atoms with Gasteiger partial charge in [-0.3, -0.25) is 4.79 Å².